The first kappa shape index (κ1) is 18.9. The average molecular weight is 404 g/mol. The van der Waals surface area contributed by atoms with E-state index in [-0.39, 0.29) is 24.1 Å². The van der Waals surface area contributed by atoms with Crippen molar-refractivity contribution < 1.29 is 14.4 Å². The molecule has 0 spiro atoms. The summed E-state index contributed by atoms with van der Waals surface area (Å²) in [4.78, 5) is 45.0. The van der Waals surface area contributed by atoms with E-state index in [4.69, 9.17) is 0 Å². The Balaban J connectivity index is 1.36. The number of likely N-dealkylation sites (tertiary alicyclic amines) is 1. The summed E-state index contributed by atoms with van der Waals surface area (Å²) >= 11 is 0. The summed E-state index contributed by atoms with van der Waals surface area (Å²) in [5.74, 6) is -0.0452. The normalized spacial score (nSPS) is 22.1. The smallest absolute Gasteiger partial charge is 0.255 e. The maximum atomic E-state index is 12.9. The number of nitrogens with one attached hydrogen (secondary N) is 1. The van der Waals surface area contributed by atoms with Crippen LogP contribution in [0.4, 0.5) is 0 Å². The molecule has 5 rings (SSSR count). The number of benzene rings is 1. The second kappa shape index (κ2) is 7.32. The van der Waals surface area contributed by atoms with Crippen LogP contribution in [-0.2, 0) is 22.7 Å². The number of aromatic nitrogens is 1. The second-order valence-corrected chi connectivity index (χ2v) is 8.62. The lowest BCUT2D eigenvalue weighted by molar-refractivity contribution is -0.136. The lowest BCUT2D eigenvalue weighted by Crippen LogP contribution is -2.52. The van der Waals surface area contributed by atoms with Crippen LogP contribution in [0, 0.1) is 5.92 Å². The van der Waals surface area contributed by atoms with Gasteiger partial charge >= 0.3 is 0 Å². The molecule has 0 aliphatic carbocycles. The highest BCUT2D eigenvalue weighted by atomic mass is 16.2. The van der Waals surface area contributed by atoms with E-state index >= 15 is 0 Å². The van der Waals surface area contributed by atoms with Crippen molar-refractivity contribution in [3.05, 3.63) is 53.2 Å². The lowest BCUT2D eigenvalue weighted by atomic mass is 10.0. The third kappa shape index (κ3) is 3.39. The Labute approximate surface area is 175 Å². The summed E-state index contributed by atoms with van der Waals surface area (Å²) in [7, 11) is 0. The largest absolute Gasteiger partial charge is 0.322 e. The molecule has 4 heterocycles. The van der Waals surface area contributed by atoms with Gasteiger partial charge in [0, 0.05) is 49.9 Å². The zero-order valence-corrected chi connectivity index (χ0v) is 16.9. The second-order valence-electron chi connectivity index (χ2n) is 8.62. The van der Waals surface area contributed by atoms with Gasteiger partial charge in [0.15, 0.2) is 0 Å². The van der Waals surface area contributed by atoms with Crippen LogP contribution in [-0.4, -0.2) is 51.6 Å². The predicted molar refractivity (Wildman–Crippen MR) is 110 cm³/mol. The molecule has 0 radical (unpaired) electrons. The highest BCUT2D eigenvalue weighted by Crippen LogP contribution is 2.31. The summed E-state index contributed by atoms with van der Waals surface area (Å²) < 4.78 is 0. The Morgan fingerprint density at radius 1 is 1.13 bits per heavy atom. The number of fused-ring (bicyclic) bond motifs is 1. The van der Waals surface area contributed by atoms with Crippen molar-refractivity contribution in [2.45, 2.75) is 38.9 Å². The van der Waals surface area contributed by atoms with E-state index in [2.05, 4.69) is 28.2 Å². The lowest BCUT2D eigenvalue weighted by Gasteiger charge is -2.37. The summed E-state index contributed by atoms with van der Waals surface area (Å²) in [5.41, 5.74) is 4.59. The Morgan fingerprint density at radius 3 is 2.73 bits per heavy atom. The molecule has 2 fully saturated rings. The van der Waals surface area contributed by atoms with Gasteiger partial charge in [0.2, 0.25) is 11.8 Å². The predicted octanol–water partition coefficient (Wildman–Crippen LogP) is 1.96. The van der Waals surface area contributed by atoms with Crippen molar-refractivity contribution in [2.24, 2.45) is 5.92 Å². The zero-order chi connectivity index (χ0) is 20.8. The van der Waals surface area contributed by atoms with Crippen molar-refractivity contribution in [2.75, 3.05) is 13.1 Å². The molecule has 3 amide bonds. The molecule has 1 aromatic heterocycles. The van der Waals surface area contributed by atoms with Gasteiger partial charge in [-0.1, -0.05) is 13.0 Å². The van der Waals surface area contributed by atoms with E-state index in [0.29, 0.717) is 18.5 Å². The molecule has 30 heavy (non-hydrogen) atoms. The monoisotopic (exact) mass is 404 g/mol. The summed E-state index contributed by atoms with van der Waals surface area (Å²) in [5, 5.41) is 2.34. The molecule has 2 aromatic rings. The Kier molecular flexibility index (Phi) is 4.62. The fraction of sp³-hybridized carbons (Fsp3) is 0.391. The number of hydrogen-bond donors (Lipinski definition) is 1. The molecule has 1 N–H and O–H groups in total. The van der Waals surface area contributed by atoms with Gasteiger partial charge in [-0.25, -0.2) is 0 Å². The minimum atomic E-state index is -0.591. The summed E-state index contributed by atoms with van der Waals surface area (Å²) in [6, 6.07) is 9.31. The minimum absolute atomic E-state index is 0.153. The number of imide groups is 1. The third-order valence-electron chi connectivity index (χ3n) is 6.19. The van der Waals surface area contributed by atoms with E-state index in [1.54, 1.807) is 4.90 Å². The van der Waals surface area contributed by atoms with Crippen LogP contribution in [0.25, 0.3) is 11.3 Å². The molecule has 0 saturated carbocycles. The topological polar surface area (TPSA) is 82.6 Å². The molecule has 0 bridgehead atoms. The zero-order valence-electron chi connectivity index (χ0n) is 16.9. The van der Waals surface area contributed by atoms with Crippen LogP contribution in [0.2, 0.25) is 0 Å². The van der Waals surface area contributed by atoms with E-state index < -0.39 is 6.04 Å². The first-order valence-electron chi connectivity index (χ1n) is 10.4. The highest BCUT2D eigenvalue weighted by molar-refractivity contribution is 6.05. The Hall–Kier alpha value is -3.06. The van der Waals surface area contributed by atoms with Crippen molar-refractivity contribution in [3.63, 3.8) is 0 Å². The van der Waals surface area contributed by atoms with Crippen molar-refractivity contribution in [1.82, 2.24) is 20.1 Å². The van der Waals surface area contributed by atoms with Crippen molar-refractivity contribution >= 4 is 17.7 Å². The molecular weight excluding hydrogens is 380 g/mol. The van der Waals surface area contributed by atoms with Gasteiger partial charge in [-0.3, -0.25) is 29.6 Å². The highest BCUT2D eigenvalue weighted by Gasteiger charge is 2.39. The molecule has 7 heteroatoms. The van der Waals surface area contributed by atoms with Crippen molar-refractivity contribution in [1.29, 1.82) is 0 Å². The fourth-order valence-electron chi connectivity index (χ4n) is 4.68. The van der Waals surface area contributed by atoms with E-state index in [9.17, 15) is 14.4 Å². The maximum absolute atomic E-state index is 12.9. The van der Waals surface area contributed by atoms with Gasteiger partial charge in [-0.15, -0.1) is 0 Å². The quantitative estimate of drug-likeness (QED) is 0.788. The molecule has 1 unspecified atom stereocenters. The number of pyridine rings is 1. The van der Waals surface area contributed by atoms with E-state index in [1.807, 2.05) is 30.5 Å². The first-order chi connectivity index (χ1) is 14.5. The molecule has 3 aliphatic heterocycles. The SMILES string of the molecule is CC1CN(Cc2ccnc(-c3ccc4c(c3)CN(C3CCC(=O)NC3=O)C4=O)c2)C1. The molecule has 2 saturated heterocycles. The molecule has 3 aliphatic rings. The van der Waals surface area contributed by atoms with Crippen LogP contribution >= 0.6 is 0 Å². The van der Waals surface area contributed by atoms with Gasteiger partial charge < -0.3 is 4.90 Å². The van der Waals surface area contributed by atoms with Crippen molar-refractivity contribution in [3.8, 4) is 11.3 Å². The molecule has 1 atom stereocenters. The van der Waals surface area contributed by atoms with Gasteiger partial charge in [0.05, 0.1) is 5.69 Å². The van der Waals surface area contributed by atoms with Crippen LogP contribution in [0.5, 0.6) is 0 Å². The fourth-order valence-corrected chi connectivity index (χ4v) is 4.68. The first-order valence-corrected chi connectivity index (χ1v) is 10.4. The number of rotatable bonds is 4. The standard InChI is InChI=1S/C23H24N4O3/c1-14-10-26(11-14)12-15-6-7-24-19(8-15)16-2-3-18-17(9-16)13-27(23(18)30)20-4-5-21(28)25-22(20)29/h2-3,6-9,14,20H,4-5,10-13H2,1H3,(H,25,28,29). The molecule has 1 aromatic carbocycles. The maximum Gasteiger partial charge on any atom is 0.255 e. The number of carbonyl (C=O) groups is 3. The van der Waals surface area contributed by atoms with E-state index in [1.165, 1.54) is 5.56 Å². The number of carbonyl (C=O) groups excluding carboxylic acids is 3. The summed E-state index contributed by atoms with van der Waals surface area (Å²) in [6.45, 7) is 5.83. The van der Waals surface area contributed by atoms with Crippen LogP contribution < -0.4 is 5.32 Å². The number of nitrogens with zero attached hydrogens (tertiary/aromatic N) is 3. The molecule has 154 valence electrons. The summed E-state index contributed by atoms with van der Waals surface area (Å²) in [6.07, 6.45) is 2.46. The Morgan fingerprint density at radius 2 is 1.97 bits per heavy atom. The average Bonchev–Trinajstić information content (AvgIpc) is 3.03. The van der Waals surface area contributed by atoms with Gasteiger partial charge in [0.1, 0.15) is 6.04 Å². The molecule has 7 nitrogen and oxygen atoms in total. The molecular formula is C23H24N4O3. The Bertz CT molecular complexity index is 1040. The third-order valence-corrected chi connectivity index (χ3v) is 6.19. The number of hydrogen-bond acceptors (Lipinski definition) is 5. The number of piperidine rings is 1. The van der Waals surface area contributed by atoms with Crippen LogP contribution in [0.1, 0.15) is 41.3 Å². The van der Waals surface area contributed by atoms with Gasteiger partial charge in [-0.05, 0) is 47.7 Å². The van der Waals surface area contributed by atoms with Crippen LogP contribution in [0.15, 0.2) is 36.5 Å². The van der Waals surface area contributed by atoms with Gasteiger partial charge in [0.25, 0.3) is 5.91 Å². The number of amides is 3. The minimum Gasteiger partial charge on any atom is -0.322 e. The van der Waals surface area contributed by atoms with Crippen LogP contribution in [0.3, 0.4) is 0 Å². The van der Waals surface area contributed by atoms with E-state index in [0.717, 1.165) is 42.4 Å². The van der Waals surface area contributed by atoms with Gasteiger partial charge in [-0.2, -0.15) is 0 Å².